The Hall–Kier alpha value is -2.56. The van der Waals surface area contributed by atoms with Crippen LogP contribution in [0.5, 0.6) is 0 Å². The second kappa shape index (κ2) is 5.09. The van der Waals surface area contributed by atoms with Crippen LogP contribution in [0.4, 0.5) is 4.39 Å². The van der Waals surface area contributed by atoms with Gasteiger partial charge in [-0.05, 0) is 43.2 Å². The highest BCUT2D eigenvalue weighted by Gasteiger charge is 2.09. The first-order chi connectivity index (χ1) is 10.0. The van der Waals surface area contributed by atoms with Crippen molar-refractivity contribution in [1.29, 1.82) is 0 Å². The topological polar surface area (TPSA) is 47.8 Å². The maximum atomic E-state index is 13.4. The number of aryl methyl sites for hydroxylation is 1. The molecule has 21 heavy (non-hydrogen) atoms. The van der Waals surface area contributed by atoms with Crippen LogP contribution in [0, 0.1) is 12.7 Å². The van der Waals surface area contributed by atoms with Gasteiger partial charge in [0, 0.05) is 11.8 Å². The van der Waals surface area contributed by atoms with Crippen molar-refractivity contribution >= 4 is 16.8 Å². The molecule has 106 valence electrons. The van der Waals surface area contributed by atoms with E-state index >= 15 is 0 Å². The number of rotatable bonds is 3. The number of halogens is 1. The first-order valence-electron chi connectivity index (χ1n) is 6.62. The minimum Gasteiger partial charge on any atom is -0.298 e. The minimum absolute atomic E-state index is 0.0306. The predicted molar refractivity (Wildman–Crippen MR) is 78.3 cm³/mol. The van der Waals surface area contributed by atoms with E-state index in [9.17, 15) is 9.18 Å². The molecule has 0 radical (unpaired) electrons. The Kier molecular flexibility index (Phi) is 3.25. The molecular weight excluding hydrogens is 269 g/mol. The number of hydrogen-bond acceptors (Lipinski definition) is 3. The minimum atomic E-state index is -0.227. The van der Waals surface area contributed by atoms with Gasteiger partial charge in [-0.25, -0.2) is 4.39 Å². The Labute approximate surface area is 121 Å². The molecule has 2 heterocycles. The second-order valence-electron chi connectivity index (χ2n) is 5.10. The fraction of sp³-hybridized carbons (Fsp3) is 0.188. The molecule has 1 aromatic carbocycles. The van der Waals surface area contributed by atoms with Crippen LogP contribution in [-0.4, -0.2) is 20.5 Å². The van der Waals surface area contributed by atoms with E-state index in [1.54, 1.807) is 36.1 Å². The number of nitrogens with zero attached hydrogens (tertiary/aromatic N) is 3. The van der Waals surface area contributed by atoms with Gasteiger partial charge in [0.1, 0.15) is 11.3 Å². The van der Waals surface area contributed by atoms with Crippen molar-refractivity contribution in [3.05, 3.63) is 48.0 Å². The average molecular weight is 283 g/mol. The number of carbonyl (C=O) groups is 1. The maximum absolute atomic E-state index is 13.4. The fourth-order valence-corrected chi connectivity index (χ4v) is 2.28. The zero-order valence-electron chi connectivity index (χ0n) is 11.8. The molecular formula is C16H14FN3O. The number of Topliss-reactive ketones (excluding diaryl/α,β-unsaturated/α-hetero) is 1. The number of ketones is 1. The van der Waals surface area contributed by atoms with Crippen molar-refractivity contribution < 1.29 is 9.18 Å². The third-order valence-electron chi connectivity index (χ3n) is 3.36. The molecule has 0 aliphatic carbocycles. The predicted octanol–water partition coefficient (Wildman–Crippen LogP) is 3.13. The Balaban J connectivity index is 2.10. The fourth-order valence-electron chi connectivity index (χ4n) is 2.28. The lowest BCUT2D eigenvalue weighted by Crippen LogP contribution is -2.07. The zero-order chi connectivity index (χ0) is 15.0. The number of aromatic nitrogens is 3. The Morgan fingerprint density at radius 1 is 1.24 bits per heavy atom. The molecule has 0 bridgehead atoms. The van der Waals surface area contributed by atoms with Gasteiger partial charge < -0.3 is 0 Å². The molecule has 0 aliphatic rings. The monoisotopic (exact) mass is 283 g/mol. The van der Waals surface area contributed by atoms with Crippen molar-refractivity contribution in [1.82, 2.24) is 14.8 Å². The Morgan fingerprint density at radius 2 is 2.05 bits per heavy atom. The first-order valence-corrected chi connectivity index (χ1v) is 6.62. The molecule has 0 unspecified atom stereocenters. The van der Waals surface area contributed by atoms with E-state index < -0.39 is 0 Å². The van der Waals surface area contributed by atoms with Gasteiger partial charge in [0.2, 0.25) is 0 Å². The first kappa shape index (κ1) is 13.4. The van der Waals surface area contributed by atoms with Crippen LogP contribution in [0.2, 0.25) is 0 Å². The van der Waals surface area contributed by atoms with Crippen molar-refractivity contribution in [2.24, 2.45) is 0 Å². The molecule has 0 saturated carbocycles. The van der Waals surface area contributed by atoms with Gasteiger partial charge in [-0.2, -0.15) is 5.10 Å². The van der Waals surface area contributed by atoms with Crippen LogP contribution >= 0.6 is 0 Å². The van der Waals surface area contributed by atoms with Crippen molar-refractivity contribution in [3.63, 3.8) is 0 Å². The van der Waals surface area contributed by atoms with Crippen molar-refractivity contribution in [2.75, 3.05) is 0 Å². The molecule has 0 saturated heterocycles. The van der Waals surface area contributed by atoms with Crippen LogP contribution < -0.4 is 0 Å². The molecule has 0 amide bonds. The summed E-state index contributed by atoms with van der Waals surface area (Å²) in [4.78, 5) is 15.6. The molecule has 5 heteroatoms. The van der Waals surface area contributed by atoms with E-state index in [4.69, 9.17) is 0 Å². The lowest BCUT2D eigenvalue weighted by Gasteiger charge is -2.05. The van der Waals surface area contributed by atoms with Crippen molar-refractivity contribution in [3.8, 4) is 11.1 Å². The standard InChI is InChI=1S/C16H14FN3O/c1-10-5-12(3-4-14(10)17)13-6-16-15(18-7-13)8-19-20(16)9-11(2)21/h3-8H,9H2,1-2H3. The van der Waals surface area contributed by atoms with Crippen LogP contribution in [0.1, 0.15) is 12.5 Å². The highest BCUT2D eigenvalue weighted by molar-refractivity contribution is 5.82. The quantitative estimate of drug-likeness (QED) is 0.742. The summed E-state index contributed by atoms with van der Waals surface area (Å²) < 4.78 is 15.0. The van der Waals surface area contributed by atoms with E-state index in [-0.39, 0.29) is 18.1 Å². The lowest BCUT2D eigenvalue weighted by molar-refractivity contribution is -0.117. The van der Waals surface area contributed by atoms with Gasteiger partial charge in [-0.1, -0.05) is 6.07 Å². The molecule has 2 aromatic heterocycles. The molecule has 0 N–H and O–H groups in total. The van der Waals surface area contributed by atoms with E-state index in [1.807, 2.05) is 6.07 Å². The molecule has 0 atom stereocenters. The zero-order valence-corrected chi connectivity index (χ0v) is 11.8. The number of hydrogen-bond donors (Lipinski definition) is 0. The maximum Gasteiger partial charge on any atom is 0.151 e. The summed E-state index contributed by atoms with van der Waals surface area (Å²) in [5.74, 6) is -0.197. The van der Waals surface area contributed by atoms with Gasteiger partial charge in [-0.3, -0.25) is 14.5 Å². The summed E-state index contributed by atoms with van der Waals surface area (Å²) in [6.07, 6.45) is 3.37. The number of pyridine rings is 1. The van der Waals surface area contributed by atoms with E-state index in [0.29, 0.717) is 5.56 Å². The van der Waals surface area contributed by atoms with Crippen LogP contribution in [0.25, 0.3) is 22.2 Å². The molecule has 0 aliphatic heterocycles. The molecule has 0 spiro atoms. The summed E-state index contributed by atoms with van der Waals surface area (Å²) in [5.41, 5.74) is 3.88. The third kappa shape index (κ3) is 2.54. The molecule has 3 rings (SSSR count). The van der Waals surface area contributed by atoms with Gasteiger partial charge in [0.25, 0.3) is 0 Å². The second-order valence-corrected chi connectivity index (χ2v) is 5.10. The van der Waals surface area contributed by atoms with Crippen molar-refractivity contribution in [2.45, 2.75) is 20.4 Å². The largest absolute Gasteiger partial charge is 0.298 e. The summed E-state index contributed by atoms with van der Waals surface area (Å²) in [6.45, 7) is 3.47. The van der Waals surface area contributed by atoms with Crippen LogP contribution in [0.3, 0.4) is 0 Å². The highest BCUT2D eigenvalue weighted by Crippen LogP contribution is 2.24. The van der Waals surface area contributed by atoms with Crippen LogP contribution in [0.15, 0.2) is 36.7 Å². The normalized spacial score (nSPS) is 11.0. The molecule has 4 nitrogen and oxygen atoms in total. The number of benzene rings is 1. The van der Waals surface area contributed by atoms with Gasteiger partial charge in [-0.15, -0.1) is 0 Å². The van der Waals surface area contributed by atoms with E-state index in [0.717, 1.165) is 22.2 Å². The van der Waals surface area contributed by atoms with Gasteiger partial charge >= 0.3 is 0 Å². The molecule has 3 aromatic rings. The summed E-state index contributed by atoms with van der Waals surface area (Å²) in [7, 11) is 0. The van der Waals surface area contributed by atoms with Gasteiger partial charge in [0.15, 0.2) is 5.78 Å². The third-order valence-corrected chi connectivity index (χ3v) is 3.36. The SMILES string of the molecule is CC(=O)Cn1ncc2ncc(-c3ccc(F)c(C)c3)cc21. The molecule has 0 fully saturated rings. The lowest BCUT2D eigenvalue weighted by atomic mass is 10.0. The van der Waals surface area contributed by atoms with E-state index in [2.05, 4.69) is 10.1 Å². The summed E-state index contributed by atoms with van der Waals surface area (Å²) in [5, 5.41) is 4.18. The number of carbonyl (C=O) groups excluding carboxylic acids is 1. The Morgan fingerprint density at radius 3 is 2.76 bits per heavy atom. The summed E-state index contributed by atoms with van der Waals surface area (Å²) >= 11 is 0. The van der Waals surface area contributed by atoms with Gasteiger partial charge in [0.05, 0.1) is 18.3 Å². The van der Waals surface area contributed by atoms with Crippen LogP contribution in [-0.2, 0) is 11.3 Å². The van der Waals surface area contributed by atoms with E-state index in [1.165, 1.54) is 13.0 Å². The number of fused-ring (bicyclic) bond motifs is 1. The Bertz CT molecular complexity index is 839. The highest BCUT2D eigenvalue weighted by atomic mass is 19.1. The summed E-state index contributed by atoms with van der Waals surface area (Å²) in [6, 6.07) is 6.87. The smallest absolute Gasteiger partial charge is 0.151 e. The average Bonchev–Trinajstić information content (AvgIpc) is 2.84.